The average Bonchev–Trinajstić information content (AvgIpc) is 3.14. The van der Waals surface area contributed by atoms with Crippen molar-refractivity contribution in [2.75, 3.05) is 19.8 Å². The topological polar surface area (TPSA) is 62.6 Å². The van der Waals surface area contributed by atoms with Crippen molar-refractivity contribution in [2.45, 2.75) is 31.6 Å². The zero-order valence-electron chi connectivity index (χ0n) is 13.0. The van der Waals surface area contributed by atoms with Crippen LogP contribution in [-0.2, 0) is 14.3 Å². The minimum Gasteiger partial charge on any atom is -0.348 e. The molecule has 2 heterocycles. The first-order valence-corrected chi connectivity index (χ1v) is 8.00. The molecule has 0 aliphatic carbocycles. The van der Waals surface area contributed by atoms with Gasteiger partial charge in [-0.05, 0) is 37.0 Å². The van der Waals surface area contributed by atoms with Gasteiger partial charge in [-0.2, -0.15) is 5.26 Å². The second kappa shape index (κ2) is 7.40. The van der Waals surface area contributed by atoms with Crippen LogP contribution in [0.25, 0.3) is 6.08 Å². The Morgan fingerprint density at radius 2 is 2.04 bits per heavy atom. The summed E-state index contributed by atoms with van der Waals surface area (Å²) in [5.41, 5.74) is 1.32. The van der Waals surface area contributed by atoms with Gasteiger partial charge in [0, 0.05) is 12.6 Å². The van der Waals surface area contributed by atoms with E-state index in [2.05, 4.69) is 6.07 Å². The van der Waals surface area contributed by atoms with E-state index in [4.69, 9.17) is 14.7 Å². The first kappa shape index (κ1) is 15.7. The van der Waals surface area contributed by atoms with E-state index in [1.54, 1.807) is 18.2 Å². The summed E-state index contributed by atoms with van der Waals surface area (Å²) in [6.45, 7) is 1.90. The van der Waals surface area contributed by atoms with Crippen LogP contribution < -0.4 is 0 Å². The minimum absolute atomic E-state index is 0.0189. The van der Waals surface area contributed by atoms with Crippen molar-refractivity contribution < 1.29 is 14.3 Å². The Bertz CT molecular complexity index is 629. The van der Waals surface area contributed by atoms with Gasteiger partial charge in [-0.1, -0.05) is 18.2 Å². The molecule has 3 rings (SSSR count). The monoisotopic (exact) mass is 312 g/mol. The number of nitriles is 1. The Labute approximate surface area is 136 Å². The first-order chi connectivity index (χ1) is 11.3. The highest BCUT2D eigenvalue weighted by Gasteiger charge is 2.35. The molecule has 120 valence electrons. The molecule has 0 radical (unpaired) electrons. The molecule has 1 aromatic carbocycles. The van der Waals surface area contributed by atoms with Gasteiger partial charge in [-0.3, -0.25) is 4.79 Å². The van der Waals surface area contributed by atoms with Crippen molar-refractivity contribution in [1.82, 2.24) is 4.90 Å². The third kappa shape index (κ3) is 3.61. The third-order valence-electron chi connectivity index (χ3n) is 4.28. The van der Waals surface area contributed by atoms with Crippen LogP contribution in [-0.4, -0.2) is 42.9 Å². The van der Waals surface area contributed by atoms with Crippen molar-refractivity contribution in [3.05, 3.63) is 41.5 Å². The normalized spacial score (nSPS) is 22.4. The van der Waals surface area contributed by atoms with E-state index >= 15 is 0 Å². The van der Waals surface area contributed by atoms with Gasteiger partial charge in [0.25, 0.3) is 0 Å². The van der Waals surface area contributed by atoms with Gasteiger partial charge in [0.15, 0.2) is 6.29 Å². The highest BCUT2D eigenvalue weighted by atomic mass is 16.7. The average molecular weight is 312 g/mol. The van der Waals surface area contributed by atoms with Gasteiger partial charge in [0.2, 0.25) is 5.91 Å². The fourth-order valence-corrected chi connectivity index (χ4v) is 3.11. The summed E-state index contributed by atoms with van der Waals surface area (Å²) in [4.78, 5) is 14.4. The zero-order valence-corrected chi connectivity index (χ0v) is 13.0. The van der Waals surface area contributed by atoms with Gasteiger partial charge in [-0.15, -0.1) is 0 Å². The highest BCUT2D eigenvalue weighted by molar-refractivity contribution is 5.92. The summed E-state index contributed by atoms with van der Waals surface area (Å²) in [7, 11) is 0. The summed E-state index contributed by atoms with van der Waals surface area (Å²) in [5, 5.41) is 9.11. The summed E-state index contributed by atoms with van der Waals surface area (Å²) in [6.07, 6.45) is 5.93. The maximum atomic E-state index is 12.6. The molecule has 5 nitrogen and oxygen atoms in total. The van der Waals surface area contributed by atoms with Gasteiger partial charge in [0.05, 0.1) is 30.9 Å². The van der Waals surface area contributed by atoms with Crippen molar-refractivity contribution in [3.8, 4) is 6.07 Å². The van der Waals surface area contributed by atoms with Crippen LogP contribution in [0.1, 0.15) is 30.4 Å². The Morgan fingerprint density at radius 1 is 1.26 bits per heavy atom. The molecular formula is C18H20N2O3. The Hall–Kier alpha value is -2.16. The number of likely N-dealkylation sites (tertiary alicyclic amines) is 1. The molecule has 2 fully saturated rings. The fourth-order valence-electron chi connectivity index (χ4n) is 3.11. The Morgan fingerprint density at radius 3 is 2.83 bits per heavy atom. The SMILES string of the molecule is N#Cc1ccccc1/C=C/C(=O)N1CCCCC1C1OCCO1. The number of carbonyl (C=O) groups is 1. The maximum Gasteiger partial charge on any atom is 0.247 e. The van der Waals surface area contributed by atoms with Crippen LogP contribution >= 0.6 is 0 Å². The van der Waals surface area contributed by atoms with Crippen LogP contribution in [0.15, 0.2) is 30.3 Å². The second-order valence-corrected chi connectivity index (χ2v) is 5.74. The third-order valence-corrected chi connectivity index (χ3v) is 4.28. The Kier molecular flexibility index (Phi) is 5.06. The van der Waals surface area contributed by atoms with Crippen molar-refractivity contribution in [2.24, 2.45) is 0 Å². The molecule has 0 N–H and O–H groups in total. The molecule has 2 aliphatic heterocycles. The van der Waals surface area contributed by atoms with Gasteiger partial charge >= 0.3 is 0 Å². The second-order valence-electron chi connectivity index (χ2n) is 5.74. The molecule has 0 saturated carbocycles. The number of benzene rings is 1. The molecule has 2 aliphatic rings. The number of rotatable bonds is 3. The number of hydrogen-bond donors (Lipinski definition) is 0. The lowest BCUT2D eigenvalue weighted by Gasteiger charge is -2.37. The number of hydrogen-bond acceptors (Lipinski definition) is 4. The van der Waals surface area contributed by atoms with Gasteiger partial charge < -0.3 is 14.4 Å². The lowest BCUT2D eigenvalue weighted by Crippen LogP contribution is -2.49. The molecule has 1 unspecified atom stereocenters. The van der Waals surface area contributed by atoms with E-state index in [0.29, 0.717) is 18.8 Å². The summed E-state index contributed by atoms with van der Waals surface area (Å²) < 4.78 is 11.2. The van der Waals surface area contributed by atoms with E-state index in [0.717, 1.165) is 31.4 Å². The summed E-state index contributed by atoms with van der Waals surface area (Å²) >= 11 is 0. The molecule has 1 amide bonds. The van der Waals surface area contributed by atoms with Crippen molar-refractivity contribution >= 4 is 12.0 Å². The van der Waals surface area contributed by atoms with E-state index in [1.165, 1.54) is 0 Å². The van der Waals surface area contributed by atoms with Crippen LogP contribution in [0.2, 0.25) is 0 Å². The molecule has 23 heavy (non-hydrogen) atoms. The zero-order chi connectivity index (χ0) is 16.1. The maximum absolute atomic E-state index is 12.6. The molecule has 0 spiro atoms. The first-order valence-electron chi connectivity index (χ1n) is 8.00. The number of piperidine rings is 1. The smallest absolute Gasteiger partial charge is 0.247 e. The van der Waals surface area contributed by atoms with Crippen LogP contribution in [0, 0.1) is 11.3 Å². The number of nitrogens with zero attached hydrogens (tertiary/aromatic N) is 2. The molecular weight excluding hydrogens is 292 g/mol. The molecule has 2 saturated heterocycles. The molecule has 1 aromatic rings. The summed E-state index contributed by atoms with van der Waals surface area (Å²) in [5.74, 6) is -0.0541. The molecule has 0 aromatic heterocycles. The number of carbonyl (C=O) groups excluding carboxylic acids is 1. The van der Waals surface area contributed by atoms with Gasteiger partial charge in [0.1, 0.15) is 0 Å². The quantitative estimate of drug-likeness (QED) is 0.804. The predicted molar refractivity (Wildman–Crippen MR) is 85.2 cm³/mol. The van der Waals surface area contributed by atoms with E-state index in [-0.39, 0.29) is 18.2 Å². The lowest BCUT2D eigenvalue weighted by atomic mass is 10.0. The van der Waals surface area contributed by atoms with Crippen molar-refractivity contribution in [3.63, 3.8) is 0 Å². The van der Waals surface area contributed by atoms with Crippen molar-refractivity contribution in [1.29, 1.82) is 5.26 Å². The predicted octanol–water partition coefficient (Wildman–Crippen LogP) is 2.33. The molecule has 5 heteroatoms. The molecule has 0 bridgehead atoms. The minimum atomic E-state index is -0.306. The van der Waals surface area contributed by atoms with Crippen LogP contribution in [0.5, 0.6) is 0 Å². The highest BCUT2D eigenvalue weighted by Crippen LogP contribution is 2.25. The standard InChI is InChI=1S/C18H20N2O3/c19-13-15-6-2-1-5-14(15)8-9-17(21)20-10-4-3-7-16(20)18-22-11-12-23-18/h1-2,5-6,8-9,16,18H,3-4,7,10-12H2/b9-8+. The van der Waals surface area contributed by atoms with E-state index in [9.17, 15) is 4.79 Å². The largest absolute Gasteiger partial charge is 0.348 e. The van der Waals surface area contributed by atoms with Gasteiger partial charge in [-0.25, -0.2) is 0 Å². The lowest BCUT2D eigenvalue weighted by molar-refractivity contribution is -0.145. The Balaban J connectivity index is 1.73. The van der Waals surface area contributed by atoms with Crippen LogP contribution in [0.3, 0.4) is 0 Å². The fraction of sp³-hybridized carbons (Fsp3) is 0.444. The number of amides is 1. The summed E-state index contributed by atoms with van der Waals surface area (Å²) in [6, 6.07) is 9.36. The van der Waals surface area contributed by atoms with Crippen LogP contribution in [0.4, 0.5) is 0 Å². The number of ether oxygens (including phenoxy) is 2. The van der Waals surface area contributed by atoms with E-state index < -0.39 is 0 Å². The van der Waals surface area contributed by atoms with E-state index in [1.807, 2.05) is 23.1 Å². The molecule has 1 atom stereocenters.